The summed E-state index contributed by atoms with van der Waals surface area (Å²) in [6.07, 6.45) is 2.39. The van der Waals surface area contributed by atoms with Crippen LogP contribution < -0.4 is 10.1 Å². The largest absolute Gasteiger partial charge is 0.492 e. The Morgan fingerprint density at radius 1 is 1.53 bits per heavy atom. The lowest BCUT2D eigenvalue weighted by atomic mass is 10.2. The summed E-state index contributed by atoms with van der Waals surface area (Å²) < 4.78 is 18.5. The molecule has 3 heteroatoms. The molecule has 0 unspecified atom stereocenters. The van der Waals surface area contributed by atoms with E-state index in [0.717, 1.165) is 17.9 Å². The van der Waals surface area contributed by atoms with Crippen LogP contribution in [0.2, 0.25) is 0 Å². The molecule has 82 valence electrons. The second kappa shape index (κ2) is 4.62. The zero-order valence-corrected chi connectivity index (χ0v) is 8.92. The molecule has 1 N–H and O–H groups in total. The van der Waals surface area contributed by atoms with Crippen LogP contribution >= 0.6 is 0 Å². The quantitative estimate of drug-likeness (QED) is 0.824. The maximum absolute atomic E-state index is 12.8. The molecule has 2 nitrogen and oxygen atoms in total. The van der Waals surface area contributed by atoms with Crippen molar-refractivity contribution in [2.45, 2.75) is 25.8 Å². The highest BCUT2D eigenvalue weighted by atomic mass is 19.1. The third kappa shape index (κ3) is 2.69. The van der Waals surface area contributed by atoms with E-state index in [4.69, 9.17) is 4.74 Å². The van der Waals surface area contributed by atoms with Gasteiger partial charge >= 0.3 is 0 Å². The Morgan fingerprint density at radius 2 is 2.40 bits per heavy atom. The molecule has 2 rings (SSSR count). The van der Waals surface area contributed by atoms with E-state index in [2.05, 4.69) is 5.32 Å². The van der Waals surface area contributed by atoms with Crippen LogP contribution in [0.15, 0.2) is 18.2 Å². The average Bonchev–Trinajstić information content (AvgIpc) is 2.69. The van der Waals surface area contributed by atoms with Crippen LogP contribution in [0.4, 0.5) is 4.39 Å². The van der Waals surface area contributed by atoms with Crippen molar-refractivity contribution in [3.63, 3.8) is 0 Å². The van der Waals surface area contributed by atoms with Gasteiger partial charge in [-0.1, -0.05) is 0 Å². The zero-order chi connectivity index (χ0) is 10.7. The summed E-state index contributed by atoms with van der Waals surface area (Å²) in [5.74, 6) is 0.573. The van der Waals surface area contributed by atoms with Crippen molar-refractivity contribution in [1.29, 1.82) is 0 Å². The van der Waals surface area contributed by atoms with Gasteiger partial charge in [0.2, 0.25) is 0 Å². The van der Waals surface area contributed by atoms with Gasteiger partial charge in [0.15, 0.2) is 0 Å². The lowest BCUT2D eigenvalue weighted by Crippen LogP contribution is -2.28. The van der Waals surface area contributed by atoms with Gasteiger partial charge in [-0.05, 0) is 50.1 Å². The van der Waals surface area contributed by atoms with E-state index in [1.54, 1.807) is 6.07 Å². The molecule has 1 fully saturated rings. The minimum absolute atomic E-state index is 0.209. The fourth-order valence-corrected chi connectivity index (χ4v) is 1.86. The summed E-state index contributed by atoms with van der Waals surface area (Å²) in [4.78, 5) is 0. The molecule has 1 aliphatic rings. The summed E-state index contributed by atoms with van der Waals surface area (Å²) in [5.41, 5.74) is 0.855. The topological polar surface area (TPSA) is 21.3 Å². The summed E-state index contributed by atoms with van der Waals surface area (Å²) in [7, 11) is 0. The highest BCUT2D eigenvalue weighted by molar-refractivity contribution is 5.32. The number of ether oxygens (including phenoxy) is 1. The molecule has 1 atom stereocenters. The number of rotatable bonds is 3. The Kier molecular flexibility index (Phi) is 3.21. The fourth-order valence-electron chi connectivity index (χ4n) is 1.86. The van der Waals surface area contributed by atoms with Gasteiger partial charge in [-0.3, -0.25) is 0 Å². The van der Waals surface area contributed by atoms with Gasteiger partial charge < -0.3 is 10.1 Å². The smallest absolute Gasteiger partial charge is 0.123 e. The molecular formula is C12H16FNO. The first kappa shape index (κ1) is 10.4. The van der Waals surface area contributed by atoms with Crippen LogP contribution in [0, 0.1) is 12.7 Å². The highest BCUT2D eigenvalue weighted by Crippen LogP contribution is 2.19. The highest BCUT2D eigenvalue weighted by Gasteiger charge is 2.14. The van der Waals surface area contributed by atoms with Crippen molar-refractivity contribution in [2.75, 3.05) is 13.2 Å². The van der Waals surface area contributed by atoms with E-state index >= 15 is 0 Å². The van der Waals surface area contributed by atoms with Crippen molar-refractivity contribution in [2.24, 2.45) is 0 Å². The van der Waals surface area contributed by atoms with Gasteiger partial charge in [0.1, 0.15) is 18.2 Å². The van der Waals surface area contributed by atoms with Crippen LogP contribution in [0.3, 0.4) is 0 Å². The van der Waals surface area contributed by atoms with E-state index < -0.39 is 0 Å². The summed E-state index contributed by atoms with van der Waals surface area (Å²) in [5, 5.41) is 3.36. The molecule has 0 spiro atoms. The second-order valence-corrected chi connectivity index (χ2v) is 4.01. The number of hydrogen-bond donors (Lipinski definition) is 1. The van der Waals surface area contributed by atoms with Gasteiger partial charge in [0.25, 0.3) is 0 Å². The second-order valence-electron chi connectivity index (χ2n) is 4.01. The lowest BCUT2D eigenvalue weighted by molar-refractivity contribution is 0.275. The predicted octanol–water partition coefficient (Wildman–Crippen LogP) is 2.26. The SMILES string of the molecule is Cc1cc(F)ccc1OC[C@H]1CCCN1. The van der Waals surface area contributed by atoms with Gasteiger partial charge in [0, 0.05) is 6.04 Å². The predicted molar refractivity (Wildman–Crippen MR) is 57.7 cm³/mol. The maximum Gasteiger partial charge on any atom is 0.123 e. The van der Waals surface area contributed by atoms with Crippen LogP contribution in [0.5, 0.6) is 5.75 Å². The molecule has 1 aromatic carbocycles. The Hall–Kier alpha value is -1.09. The molecule has 0 aromatic heterocycles. The standard InChI is InChI=1S/C12H16FNO/c1-9-7-10(13)4-5-12(9)15-8-11-3-2-6-14-11/h4-5,7,11,14H,2-3,6,8H2,1H3/t11-/m1/s1. The third-order valence-corrected chi connectivity index (χ3v) is 2.74. The molecule has 15 heavy (non-hydrogen) atoms. The number of nitrogens with one attached hydrogen (secondary N) is 1. The summed E-state index contributed by atoms with van der Waals surface area (Å²) in [6.45, 7) is 3.61. The van der Waals surface area contributed by atoms with E-state index in [9.17, 15) is 4.39 Å². The van der Waals surface area contributed by atoms with Crippen LogP contribution in [-0.2, 0) is 0 Å². The molecule has 0 radical (unpaired) electrons. The molecule has 1 saturated heterocycles. The number of aryl methyl sites for hydroxylation is 1. The minimum Gasteiger partial charge on any atom is -0.492 e. The first-order chi connectivity index (χ1) is 7.25. The van der Waals surface area contributed by atoms with Gasteiger partial charge in [-0.15, -0.1) is 0 Å². The van der Waals surface area contributed by atoms with Crippen molar-refractivity contribution < 1.29 is 9.13 Å². The fraction of sp³-hybridized carbons (Fsp3) is 0.500. The van der Waals surface area contributed by atoms with Gasteiger partial charge in [-0.25, -0.2) is 4.39 Å². The lowest BCUT2D eigenvalue weighted by Gasteiger charge is -2.13. The summed E-state index contributed by atoms with van der Waals surface area (Å²) >= 11 is 0. The van der Waals surface area contributed by atoms with Crippen molar-refractivity contribution in [1.82, 2.24) is 5.32 Å². The third-order valence-electron chi connectivity index (χ3n) is 2.74. The number of benzene rings is 1. The molecule has 0 aliphatic carbocycles. The molecule has 1 heterocycles. The Labute approximate surface area is 89.4 Å². The molecule has 1 aliphatic heterocycles. The Bertz CT molecular complexity index is 334. The van der Waals surface area contributed by atoms with Crippen LogP contribution in [0.25, 0.3) is 0 Å². The monoisotopic (exact) mass is 209 g/mol. The molecule has 0 amide bonds. The maximum atomic E-state index is 12.8. The van der Waals surface area contributed by atoms with E-state index in [1.165, 1.54) is 25.0 Å². The number of hydrogen-bond acceptors (Lipinski definition) is 2. The summed E-state index contributed by atoms with van der Waals surface area (Å²) in [6, 6.07) is 5.08. The first-order valence-electron chi connectivity index (χ1n) is 5.38. The molecule has 0 saturated carbocycles. The van der Waals surface area contributed by atoms with E-state index in [1.807, 2.05) is 6.92 Å². The molecular weight excluding hydrogens is 193 g/mol. The molecule has 0 bridgehead atoms. The molecule has 1 aromatic rings. The van der Waals surface area contributed by atoms with E-state index in [-0.39, 0.29) is 5.82 Å². The van der Waals surface area contributed by atoms with Crippen LogP contribution in [-0.4, -0.2) is 19.2 Å². The Morgan fingerprint density at radius 3 is 3.07 bits per heavy atom. The minimum atomic E-state index is -0.209. The van der Waals surface area contributed by atoms with Gasteiger partial charge in [0.05, 0.1) is 0 Å². The average molecular weight is 209 g/mol. The van der Waals surface area contributed by atoms with Crippen molar-refractivity contribution >= 4 is 0 Å². The normalized spacial score (nSPS) is 20.5. The van der Waals surface area contributed by atoms with E-state index in [0.29, 0.717) is 12.6 Å². The Balaban J connectivity index is 1.92. The van der Waals surface area contributed by atoms with Gasteiger partial charge in [-0.2, -0.15) is 0 Å². The van der Waals surface area contributed by atoms with Crippen molar-refractivity contribution in [3.05, 3.63) is 29.6 Å². The number of halogens is 1. The zero-order valence-electron chi connectivity index (χ0n) is 8.92. The van der Waals surface area contributed by atoms with Crippen molar-refractivity contribution in [3.8, 4) is 5.75 Å². The van der Waals surface area contributed by atoms with Crippen LogP contribution in [0.1, 0.15) is 18.4 Å². The first-order valence-corrected chi connectivity index (χ1v) is 5.38.